The summed E-state index contributed by atoms with van der Waals surface area (Å²) in [5.41, 5.74) is 3.05. The summed E-state index contributed by atoms with van der Waals surface area (Å²) in [5, 5.41) is 10.5. The molecule has 186 valence electrons. The molecule has 2 aromatic carbocycles. The number of aliphatic hydroxyl groups excluding tert-OH is 1. The number of nitrogens with zero attached hydrogens (tertiary/aromatic N) is 4. The minimum atomic E-state index is -0.582. The average molecular weight is 481 g/mol. The number of halogens is 1. The van der Waals surface area contributed by atoms with Crippen LogP contribution in [-0.2, 0) is 6.42 Å². The number of hydrogen-bond acceptors (Lipinski definition) is 7. The zero-order valence-electron chi connectivity index (χ0n) is 20.6. The van der Waals surface area contributed by atoms with Crippen molar-refractivity contribution >= 4 is 5.82 Å². The molecule has 0 radical (unpaired) electrons. The van der Waals surface area contributed by atoms with Crippen molar-refractivity contribution < 1.29 is 19.0 Å². The molecular formula is C27H33FN4O3. The van der Waals surface area contributed by atoms with Gasteiger partial charge in [-0.05, 0) is 55.8 Å². The lowest BCUT2D eigenvalue weighted by Gasteiger charge is -2.37. The zero-order valence-corrected chi connectivity index (χ0v) is 20.6. The number of ether oxygens (including phenoxy) is 2. The van der Waals surface area contributed by atoms with Gasteiger partial charge in [0.05, 0.1) is 7.11 Å². The number of aliphatic hydroxyl groups is 1. The van der Waals surface area contributed by atoms with Crippen LogP contribution in [0.4, 0.5) is 10.2 Å². The standard InChI is InChI=1S/C27H33FN4O3/c1-19-26(16-21-4-6-22(28)7-5-21)27(30-20(2)29-19)32-14-12-31(13-15-32)17-23(33)18-35-25-10-8-24(34-3)9-11-25/h4-11,23,33H,12-18H2,1-3H3/t23-/m1/s1. The Hall–Kier alpha value is -3.23. The van der Waals surface area contributed by atoms with Crippen molar-refractivity contribution in [2.45, 2.75) is 26.4 Å². The van der Waals surface area contributed by atoms with Crippen molar-refractivity contribution in [3.05, 3.63) is 77.0 Å². The van der Waals surface area contributed by atoms with E-state index in [9.17, 15) is 9.50 Å². The molecule has 1 atom stereocenters. The maximum absolute atomic E-state index is 13.3. The van der Waals surface area contributed by atoms with Gasteiger partial charge in [0.15, 0.2) is 0 Å². The highest BCUT2D eigenvalue weighted by molar-refractivity contribution is 5.51. The van der Waals surface area contributed by atoms with Crippen LogP contribution in [0.25, 0.3) is 0 Å². The predicted octanol–water partition coefficient (Wildman–Crippen LogP) is 3.39. The molecule has 1 N–H and O–H groups in total. The number of methoxy groups -OCH3 is 1. The van der Waals surface area contributed by atoms with E-state index in [-0.39, 0.29) is 12.4 Å². The first-order valence-corrected chi connectivity index (χ1v) is 11.9. The van der Waals surface area contributed by atoms with E-state index in [1.807, 2.05) is 50.2 Å². The molecule has 0 spiro atoms. The number of aromatic nitrogens is 2. The molecular weight excluding hydrogens is 447 g/mol. The van der Waals surface area contributed by atoms with Crippen LogP contribution in [-0.4, -0.2) is 72.5 Å². The Morgan fingerprint density at radius 2 is 1.60 bits per heavy atom. The summed E-state index contributed by atoms with van der Waals surface area (Å²) in [7, 11) is 1.62. The van der Waals surface area contributed by atoms with Gasteiger partial charge in [0, 0.05) is 50.4 Å². The number of aryl methyl sites for hydroxylation is 2. The Morgan fingerprint density at radius 3 is 2.26 bits per heavy atom. The first kappa shape index (κ1) is 24.9. The lowest BCUT2D eigenvalue weighted by Crippen LogP contribution is -2.49. The van der Waals surface area contributed by atoms with Gasteiger partial charge < -0.3 is 19.5 Å². The van der Waals surface area contributed by atoms with Crippen molar-refractivity contribution in [2.24, 2.45) is 0 Å². The average Bonchev–Trinajstić information content (AvgIpc) is 2.86. The third-order valence-corrected chi connectivity index (χ3v) is 6.24. The van der Waals surface area contributed by atoms with E-state index in [2.05, 4.69) is 14.8 Å². The van der Waals surface area contributed by atoms with Crippen molar-refractivity contribution in [3.63, 3.8) is 0 Å². The van der Waals surface area contributed by atoms with Crippen LogP contribution < -0.4 is 14.4 Å². The van der Waals surface area contributed by atoms with Gasteiger partial charge in [0.25, 0.3) is 0 Å². The molecule has 3 aromatic rings. The molecule has 4 rings (SSSR count). The third-order valence-electron chi connectivity index (χ3n) is 6.24. The highest BCUT2D eigenvalue weighted by atomic mass is 19.1. The molecule has 35 heavy (non-hydrogen) atoms. The maximum atomic E-state index is 13.3. The number of β-amino-alcohol motifs (C(OH)–C–C–N with tert-alkyl or cyclic N) is 1. The van der Waals surface area contributed by atoms with Crippen LogP contribution in [0.3, 0.4) is 0 Å². The van der Waals surface area contributed by atoms with Gasteiger partial charge in [0.1, 0.15) is 41.7 Å². The normalized spacial score (nSPS) is 15.2. The van der Waals surface area contributed by atoms with E-state index in [1.54, 1.807) is 7.11 Å². The number of rotatable bonds is 9. The molecule has 0 unspecified atom stereocenters. The minimum Gasteiger partial charge on any atom is -0.497 e. The monoisotopic (exact) mass is 480 g/mol. The van der Waals surface area contributed by atoms with Gasteiger partial charge in [-0.15, -0.1) is 0 Å². The summed E-state index contributed by atoms with van der Waals surface area (Å²) >= 11 is 0. The van der Waals surface area contributed by atoms with Crippen LogP contribution in [0, 0.1) is 19.7 Å². The van der Waals surface area contributed by atoms with E-state index >= 15 is 0 Å². The number of benzene rings is 2. The summed E-state index contributed by atoms with van der Waals surface area (Å²) in [4.78, 5) is 13.9. The summed E-state index contributed by atoms with van der Waals surface area (Å²) in [6.45, 7) is 7.94. The molecule has 1 fully saturated rings. The fourth-order valence-electron chi connectivity index (χ4n) is 4.35. The highest BCUT2D eigenvalue weighted by Crippen LogP contribution is 2.25. The minimum absolute atomic E-state index is 0.235. The van der Waals surface area contributed by atoms with Crippen molar-refractivity contribution in [1.29, 1.82) is 0 Å². The predicted molar refractivity (Wildman–Crippen MR) is 134 cm³/mol. The van der Waals surface area contributed by atoms with Crippen molar-refractivity contribution in [2.75, 3.05) is 51.3 Å². The Morgan fingerprint density at radius 1 is 0.943 bits per heavy atom. The van der Waals surface area contributed by atoms with Crippen LogP contribution in [0.2, 0.25) is 0 Å². The smallest absolute Gasteiger partial charge is 0.136 e. The first-order chi connectivity index (χ1) is 16.9. The SMILES string of the molecule is COc1ccc(OC[C@H](O)CN2CCN(c3nc(C)nc(C)c3Cc3ccc(F)cc3)CC2)cc1. The Bertz CT molecular complexity index is 1100. The first-order valence-electron chi connectivity index (χ1n) is 11.9. The molecule has 0 bridgehead atoms. The van der Waals surface area contributed by atoms with E-state index in [4.69, 9.17) is 14.5 Å². The molecule has 1 aliphatic rings. The number of anilines is 1. The molecule has 1 aromatic heterocycles. The van der Waals surface area contributed by atoms with Crippen molar-refractivity contribution in [1.82, 2.24) is 14.9 Å². The van der Waals surface area contributed by atoms with E-state index in [0.29, 0.717) is 18.7 Å². The summed E-state index contributed by atoms with van der Waals surface area (Å²) in [6, 6.07) is 13.9. The fourth-order valence-corrected chi connectivity index (χ4v) is 4.35. The summed E-state index contributed by atoms with van der Waals surface area (Å²) < 4.78 is 24.2. The molecule has 1 saturated heterocycles. The second-order valence-electron chi connectivity index (χ2n) is 8.89. The summed E-state index contributed by atoms with van der Waals surface area (Å²) in [5.74, 6) is 2.93. The van der Waals surface area contributed by atoms with Crippen LogP contribution in [0.1, 0.15) is 22.6 Å². The number of piperazine rings is 1. The van der Waals surface area contributed by atoms with Crippen LogP contribution in [0.5, 0.6) is 11.5 Å². The highest BCUT2D eigenvalue weighted by Gasteiger charge is 2.23. The van der Waals surface area contributed by atoms with Gasteiger partial charge >= 0.3 is 0 Å². The largest absolute Gasteiger partial charge is 0.497 e. The summed E-state index contributed by atoms with van der Waals surface area (Å²) in [6.07, 6.45) is 0.0739. The van der Waals surface area contributed by atoms with Gasteiger partial charge in [-0.2, -0.15) is 0 Å². The Labute approximate surface area is 206 Å². The van der Waals surface area contributed by atoms with Gasteiger partial charge in [-0.1, -0.05) is 12.1 Å². The fraction of sp³-hybridized carbons (Fsp3) is 0.407. The van der Waals surface area contributed by atoms with Gasteiger partial charge in [0.2, 0.25) is 0 Å². The molecule has 1 aliphatic heterocycles. The Balaban J connectivity index is 1.33. The zero-order chi connectivity index (χ0) is 24.8. The number of hydrogen-bond donors (Lipinski definition) is 1. The topological polar surface area (TPSA) is 71.0 Å². The van der Waals surface area contributed by atoms with Crippen molar-refractivity contribution in [3.8, 4) is 11.5 Å². The molecule has 0 saturated carbocycles. The second kappa shape index (κ2) is 11.5. The molecule has 0 amide bonds. The molecule has 0 aliphatic carbocycles. The third kappa shape index (κ3) is 6.68. The quantitative estimate of drug-likeness (QED) is 0.503. The molecule has 8 heteroatoms. The van der Waals surface area contributed by atoms with Crippen LogP contribution >= 0.6 is 0 Å². The van der Waals surface area contributed by atoms with E-state index in [0.717, 1.165) is 60.4 Å². The van der Waals surface area contributed by atoms with Gasteiger partial charge in [-0.3, -0.25) is 4.90 Å². The second-order valence-corrected chi connectivity index (χ2v) is 8.89. The lowest BCUT2D eigenvalue weighted by molar-refractivity contribution is 0.0662. The lowest BCUT2D eigenvalue weighted by atomic mass is 10.0. The Kier molecular flexibility index (Phi) is 8.15. The van der Waals surface area contributed by atoms with E-state index in [1.165, 1.54) is 12.1 Å². The van der Waals surface area contributed by atoms with Gasteiger partial charge in [-0.25, -0.2) is 14.4 Å². The van der Waals surface area contributed by atoms with Crippen LogP contribution in [0.15, 0.2) is 48.5 Å². The maximum Gasteiger partial charge on any atom is 0.136 e. The molecule has 2 heterocycles. The van der Waals surface area contributed by atoms with E-state index < -0.39 is 6.10 Å². The molecule has 7 nitrogen and oxygen atoms in total.